The van der Waals surface area contributed by atoms with Crippen LogP contribution in [0.2, 0.25) is 0 Å². The number of halogens is 1. The zero-order valence-corrected chi connectivity index (χ0v) is 11.5. The zero-order valence-electron chi connectivity index (χ0n) is 11.5. The number of aromatic nitrogens is 2. The Balaban J connectivity index is 2.13. The van der Waals surface area contributed by atoms with E-state index < -0.39 is 0 Å². The third-order valence-electron chi connectivity index (χ3n) is 3.14. The molecule has 1 aliphatic heterocycles. The highest BCUT2D eigenvalue weighted by Gasteiger charge is 2.23. The number of nitrogens with one attached hydrogen (secondary N) is 1. The van der Waals surface area contributed by atoms with E-state index in [1.54, 1.807) is 0 Å². The fraction of sp³-hybridized carbons (Fsp3) is 0.692. The van der Waals surface area contributed by atoms with E-state index in [1.165, 1.54) is 6.20 Å². The average Bonchev–Trinajstić information content (AvgIpc) is 2.42. The van der Waals surface area contributed by atoms with Crippen molar-refractivity contribution in [3.8, 4) is 0 Å². The van der Waals surface area contributed by atoms with E-state index in [9.17, 15) is 4.39 Å². The molecule has 0 aliphatic carbocycles. The molecule has 0 spiro atoms. The lowest BCUT2D eigenvalue weighted by Gasteiger charge is -2.33. The van der Waals surface area contributed by atoms with Gasteiger partial charge in [0.2, 0.25) is 5.95 Å². The molecule has 1 aliphatic rings. The summed E-state index contributed by atoms with van der Waals surface area (Å²) in [6.45, 7) is 6.84. The highest BCUT2D eigenvalue weighted by Crippen LogP contribution is 2.22. The van der Waals surface area contributed by atoms with Gasteiger partial charge < -0.3 is 15.0 Å². The molecule has 0 aromatic carbocycles. The summed E-state index contributed by atoms with van der Waals surface area (Å²) in [6.07, 6.45) is 3.41. The molecule has 106 valence electrons. The van der Waals surface area contributed by atoms with Crippen molar-refractivity contribution in [1.82, 2.24) is 9.97 Å². The van der Waals surface area contributed by atoms with Gasteiger partial charge in [-0.25, -0.2) is 9.37 Å². The van der Waals surface area contributed by atoms with Crippen molar-refractivity contribution < 1.29 is 9.13 Å². The Kier molecular flexibility index (Phi) is 4.90. The minimum absolute atomic E-state index is 0.163. The van der Waals surface area contributed by atoms with Gasteiger partial charge in [-0.3, -0.25) is 0 Å². The van der Waals surface area contributed by atoms with Crippen molar-refractivity contribution in [3.05, 3.63) is 12.0 Å². The molecule has 6 heteroatoms. The lowest BCUT2D eigenvalue weighted by Crippen LogP contribution is -2.40. The van der Waals surface area contributed by atoms with Crippen molar-refractivity contribution in [2.75, 3.05) is 36.5 Å². The van der Waals surface area contributed by atoms with Crippen molar-refractivity contribution in [2.24, 2.45) is 0 Å². The van der Waals surface area contributed by atoms with Gasteiger partial charge in [-0.2, -0.15) is 4.98 Å². The predicted molar refractivity (Wildman–Crippen MR) is 73.0 cm³/mol. The third-order valence-corrected chi connectivity index (χ3v) is 3.14. The van der Waals surface area contributed by atoms with Crippen molar-refractivity contribution in [3.63, 3.8) is 0 Å². The van der Waals surface area contributed by atoms with Gasteiger partial charge >= 0.3 is 0 Å². The summed E-state index contributed by atoms with van der Waals surface area (Å²) in [5.41, 5.74) is 0. The summed E-state index contributed by atoms with van der Waals surface area (Å²) < 4.78 is 19.5. The molecule has 1 N–H and O–H groups in total. The van der Waals surface area contributed by atoms with Crippen LogP contribution in [0.3, 0.4) is 0 Å². The monoisotopic (exact) mass is 268 g/mol. The molecule has 1 unspecified atom stereocenters. The van der Waals surface area contributed by atoms with E-state index in [4.69, 9.17) is 4.74 Å². The number of piperidine rings is 1. The van der Waals surface area contributed by atoms with Gasteiger partial charge in [-0.05, 0) is 26.7 Å². The molecule has 2 rings (SSSR count). The zero-order chi connectivity index (χ0) is 13.7. The number of ether oxygens (including phenoxy) is 1. The Hall–Kier alpha value is -1.43. The van der Waals surface area contributed by atoms with Crippen LogP contribution in [-0.2, 0) is 4.74 Å². The molecule has 1 atom stereocenters. The van der Waals surface area contributed by atoms with Crippen molar-refractivity contribution >= 4 is 11.8 Å². The molecule has 19 heavy (non-hydrogen) atoms. The van der Waals surface area contributed by atoms with E-state index in [2.05, 4.69) is 15.3 Å². The van der Waals surface area contributed by atoms with Gasteiger partial charge in [0.15, 0.2) is 11.6 Å². The van der Waals surface area contributed by atoms with Crippen LogP contribution in [0.5, 0.6) is 0 Å². The molecule has 0 bridgehead atoms. The summed E-state index contributed by atoms with van der Waals surface area (Å²) in [6, 6.07) is 0. The quantitative estimate of drug-likeness (QED) is 0.885. The first-order chi connectivity index (χ1) is 9.24. The molecular weight excluding hydrogens is 247 g/mol. The van der Waals surface area contributed by atoms with Crippen LogP contribution in [0.4, 0.5) is 16.2 Å². The smallest absolute Gasteiger partial charge is 0.224 e. The number of nitrogens with zero attached hydrogens (tertiary/aromatic N) is 3. The van der Waals surface area contributed by atoms with Gasteiger partial charge in [0.1, 0.15) is 0 Å². The summed E-state index contributed by atoms with van der Waals surface area (Å²) in [7, 11) is 0. The summed E-state index contributed by atoms with van der Waals surface area (Å²) in [5, 5.41) is 3.00. The minimum Gasteiger partial charge on any atom is -0.377 e. The standard InChI is InChI=1S/C13H21FN4O/c1-3-15-13-16-8-11(14)12(17-13)18-7-5-6-10(9-18)19-4-2/h8,10H,3-7,9H2,1-2H3,(H,15,16,17). The lowest BCUT2D eigenvalue weighted by molar-refractivity contribution is 0.0524. The molecule has 5 nitrogen and oxygen atoms in total. The largest absolute Gasteiger partial charge is 0.377 e. The van der Waals surface area contributed by atoms with E-state index in [1.807, 2.05) is 18.7 Å². The number of rotatable bonds is 5. The Bertz CT molecular complexity index is 414. The molecule has 1 aromatic rings. The molecule has 1 saturated heterocycles. The van der Waals surface area contributed by atoms with Crippen LogP contribution in [0, 0.1) is 5.82 Å². The Morgan fingerprint density at radius 3 is 3.11 bits per heavy atom. The Morgan fingerprint density at radius 2 is 2.37 bits per heavy atom. The van der Waals surface area contributed by atoms with E-state index >= 15 is 0 Å². The second-order valence-electron chi connectivity index (χ2n) is 4.56. The minimum atomic E-state index is -0.376. The van der Waals surface area contributed by atoms with E-state index in [0.29, 0.717) is 31.5 Å². The topological polar surface area (TPSA) is 50.3 Å². The van der Waals surface area contributed by atoms with E-state index in [0.717, 1.165) is 19.4 Å². The summed E-state index contributed by atoms with van der Waals surface area (Å²) in [5.74, 6) is 0.464. The summed E-state index contributed by atoms with van der Waals surface area (Å²) in [4.78, 5) is 10.1. The van der Waals surface area contributed by atoms with E-state index in [-0.39, 0.29) is 11.9 Å². The first kappa shape index (κ1) is 14.0. The lowest BCUT2D eigenvalue weighted by atomic mass is 10.1. The maximum atomic E-state index is 13.9. The fourth-order valence-corrected chi connectivity index (χ4v) is 2.33. The molecule has 2 heterocycles. The van der Waals surface area contributed by atoms with Crippen LogP contribution in [0.15, 0.2) is 6.20 Å². The number of anilines is 2. The average molecular weight is 268 g/mol. The highest BCUT2D eigenvalue weighted by molar-refractivity contribution is 5.44. The van der Waals surface area contributed by atoms with Gasteiger partial charge in [0, 0.05) is 26.2 Å². The molecule has 0 amide bonds. The SMILES string of the molecule is CCNc1ncc(F)c(N2CCCC(OCC)C2)n1. The maximum absolute atomic E-state index is 13.9. The van der Waals surface area contributed by atoms with Gasteiger partial charge in [-0.1, -0.05) is 0 Å². The number of hydrogen-bond acceptors (Lipinski definition) is 5. The van der Waals surface area contributed by atoms with Crippen LogP contribution in [-0.4, -0.2) is 42.3 Å². The highest BCUT2D eigenvalue weighted by atomic mass is 19.1. The summed E-state index contributed by atoms with van der Waals surface area (Å²) >= 11 is 0. The molecular formula is C13H21FN4O. The van der Waals surface area contributed by atoms with Crippen molar-refractivity contribution in [1.29, 1.82) is 0 Å². The van der Waals surface area contributed by atoms with Crippen LogP contribution in [0.25, 0.3) is 0 Å². The Labute approximate surface area is 113 Å². The third kappa shape index (κ3) is 3.53. The molecule has 0 saturated carbocycles. The van der Waals surface area contributed by atoms with Crippen LogP contribution >= 0.6 is 0 Å². The Morgan fingerprint density at radius 1 is 1.53 bits per heavy atom. The first-order valence-corrected chi connectivity index (χ1v) is 6.87. The van der Waals surface area contributed by atoms with Crippen LogP contribution < -0.4 is 10.2 Å². The van der Waals surface area contributed by atoms with Gasteiger partial charge in [0.25, 0.3) is 0 Å². The van der Waals surface area contributed by atoms with Gasteiger partial charge in [0.05, 0.1) is 12.3 Å². The second kappa shape index (κ2) is 6.65. The number of hydrogen-bond donors (Lipinski definition) is 1. The molecule has 1 fully saturated rings. The molecule has 1 aromatic heterocycles. The maximum Gasteiger partial charge on any atom is 0.224 e. The predicted octanol–water partition coefficient (Wildman–Crippen LogP) is 2.05. The first-order valence-electron chi connectivity index (χ1n) is 6.87. The fourth-order valence-electron chi connectivity index (χ4n) is 2.33. The van der Waals surface area contributed by atoms with Crippen molar-refractivity contribution in [2.45, 2.75) is 32.8 Å². The van der Waals surface area contributed by atoms with Crippen LogP contribution in [0.1, 0.15) is 26.7 Å². The second-order valence-corrected chi connectivity index (χ2v) is 4.56. The normalized spacial score (nSPS) is 19.5. The van der Waals surface area contributed by atoms with Gasteiger partial charge in [-0.15, -0.1) is 0 Å². The molecule has 0 radical (unpaired) electrons.